The van der Waals surface area contributed by atoms with Crippen LogP contribution in [0, 0.1) is 5.92 Å². The summed E-state index contributed by atoms with van der Waals surface area (Å²) in [5.74, 6) is -0.0930. The van der Waals surface area contributed by atoms with E-state index < -0.39 is 5.97 Å². The van der Waals surface area contributed by atoms with E-state index in [1.807, 2.05) is 12.4 Å². The summed E-state index contributed by atoms with van der Waals surface area (Å²) >= 11 is 0. The van der Waals surface area contributed by atoms with Crippen molar-refractivity contribution in [1.29, 1.82) is 0 Å². The molecule has 1 aliphatic rings. The second kappa shape index (κ2) is 6.66. The third-order valence-corrected chi connectivity index (χ3v) is 4.15. The predicted molar refractivity (Wildman–Crippen MR) is 73.8 cm³/mol. The molecule has 0 aromatic carbocycles. The van der Waals surface area contributed by atoms with Gasteiger partial charge in [-0.05, 0) is 62.9 Å². The van der Waals surface area contributed by atoms with E-state index in [9.17, 15) is 4.79 Å². The van der Waals surface area contributed by atoms with Gasteiger partial charge in [-0.25, -0.2) is 0 Å². The zero-order chi connectivity index (χ0) is 13.7. The third kappa shape index (κ3) is 4.03. The first kappa shape index (κ1) is 14.0. The van der Waals surface area contributed by atoms with Crippen LogP contribution in [0.3, 0.4) is 0 Å². The van der Waals surface area contributed by atoms with Crippen LogP contribution >= 0.6 is 0 Å². The Balaban J connectivity index is 1.81. The van der Waals surface area contributed by atoms with Crippen LogP contribution in [0.4, 0.5) is 0 Å². The lowest BCUT2D eigenvalue weighted by Gasteiger charge is -2.36. The Morgan fingerprint density at radius 3 is 2.63 bits per heavy atom. The number of piperidine rings is 1. The number of carbonyl (C=O) groups is 1. The number of nitrogens with zero attached hydrogens (tertiary/aromatic N) is 2. The van der Waals surface area contributed by atoms with Crippen molar-refractivity contribution in [3.05, 3.63) is 30.1 Å². The van der Waals surface area contributed by atoms with E-state index in [1.165, 1.54) is 5.56 Å². The maximum absolute atomic E-state index is 10.6. The molecule has 19 heavy (non-hydrogen) atoms. The van der Waals surface area contributed by atoms with Crippen molar-refractivity contribution in [3.8, 4) is 0 Å². The molecule has 1 aromatic heterocycles. The highest BCUT2D eigenvalue weighted by molar-refractivity contribution is 5.66. The molecule has 0 saturated carbocycles. The number of hydrogen-bond donors (Lipinski definition) is 1. The molecule has 4 heteroatoms. The monoisotopic (exact) mass is 262 g/mol. The summed E-state index contributed by atoms with van der Waals surface area (Å²) in [4.78, 5) is 17.1. The highest BCUT2D eigenvalue weighted by atomic mass is 16.4. The van der Waals surface area contributed by atoms with Gasteiger partial charge in [-0.1, -0.05) is 0 Å². The Hall–Kier alpha value is -1.42. The Morgan fingerprint density at radius 2 is 2.05 bits per heavy atom. The highest BCUT2D eigenvalue weighted by Crippen LogP contribution is 2.28. The standard InChI is InChI=1S/C15H22N2O2/c1-12(14-4-8-16-9-5-14)17-10-6-13(7-11-17)2-3-15(18)19/h4-5,8-9,12-13H,2-3,6-7,10-11H2,1H3,(H,18,19). The van der Waals surface area contributed by atoms with Gasteiger partial charge in [0.2, 0.25) is 0 Å². The molecule has 1 N–H and O–H groups in total. The minimum absolute atomic E-state index is 0.310. The van der Waals surface area contributed by atoms with Gasteiger partial charge in [0, 0.05) is 24.9 Å². The van der Waals surface area contributed by atoms with Gasteiger partial charge in [-0.3, -0.25) is 14.7 Å². The summed E-state index contributed by atoms with van der Waals surface area (Å²) in [5, 5.41) is 8.72. The molecule has 0 amide bonds. The number of aliphatic carboxylic acids is 1. The molecule has 2 heterocycles. The first-order valence-corrected chi connectivity index (χ1v) is 7.02. The van der Waals surface area contributed by atoms with Crippen LogP contribution in [0.25, 0.3) is 0 Å². The fraction of sp³-hybridized carbons (Fsp3) is 0.600. The average Bonchev–Trinajstić information content (AvgIpc) is 2.46. The number of carboxylic acids is 1. The van der Waals surface area contributed by atoms with Crippen LogP contribution in [-0.2, 0) is 4.79 Å². The van der Waals surface area contributed by atoms with Crippen LogP contribution in [0.15, 0.2) is 24.5 Å². The van der Waals surface area contributed by atoms with Gasteiger partial charge in [0.15, 0.2) is 0 Å². The maximum Gasteiger partial charge on any atom is 0.303 e. The number of aromatic nitrogens is 1. The van der Waals surface area contributed by atoms with E-state index >= 15 is 0 Å². The molecule has 1 aliphatic heterocycles. The van der Waals surface area contributed by atoms with Crippen molar-refractivity contribution in [1.82, 2.24) is 9.88 Å². The SMILES string of the molecule is CC(c1ccncc1)N1CCC(CCC(=O)O)CC1. The van der Waals surface area contributed by atoms with Gasteiger partial charge in [0.1, 0.15) is 0 Å². The number of carboxylic acid groups (broad SMARTS) is 1. The molecule has 104 valence electrons. The Morgan fingerprint density at radius 1 is 1.42 bits per heavy atom. The van der Waals surface area contributed by atoms with E-state index in [1.54, 1.807) is 0 Å². The van der Waals surface area contributed by atoms with Crippen molar-refractivity contribution in [3.63, 3.8) is 0 Å². The van der Waals surface area contributed by atoms with E-state index in [0.29, 0.717) is 18.4 Å². The first-order chi connectivity index (χ1) is 9.16. The lowest BCUT2D eigenvalue weighted by atomic mass is 9.91. The summed E-state index contributed by atoms with van der Waals surface area (Å²) in [6, 6.07) is 4.56. The van der Waals surface area contributed by atoms with Gasteiger partial charge < -0.3 is 5.11 Å². The van der Waals surface area contributed by atoms with Crippen LogP contribution < -0.4 is 0 Å². The van der Waals surface area contributed by atoms with Gasteiger partial charge in [0.25, 0.3) is 0 Å². The fourth-order valence-electron chi connectivity index (χ4n) is 2.81. The maximum atomic E-state index is 10.6. The molecule has 0 spiro atoms. The molecule has 1 aromatic rings. The predicted octanol–water partition coefficient (Wildman–Crippen LogP) is 2.72. The number of hydrogen-bond acceptors (Lipinski definition) is 3. The number of likely N-dealkylation sites (tertiary alicyclic amines) is 1. The van der Waals surface area contributed by atoms with E-state index in [4.69, 9.17) is 5.11 Å². The molecular weight excluding hydrogens is 240 g/mol. The Kier molecular flexibility index (Phi) is 4.91. The molecule has 0 aliphatic carbocycles. The van der Waals surface area contributed by atoms with Gasteiger partial charge in [-0.15, -0.1) is 0 Å². The largest absolute Gasteiger partial charge is 0.481 e. The van der Waals surface area contributed by atoms with Gasteiger partial charge >= 0.3 is 5.97 Å². The Labute approximate surface area is 114 Å². The van der Waals surface area contributed by atoms with Crippen LogP contribution in [-0.4, -0.2) is 34.0 Å². The zero-order valence-electron chi connectivity index (χ0n) is 11.5. The summed E-state index contributed by atoms with van der Waals surface area (Å²) < 4.78 is 0. The van der Waals surface area contributed by atoms with Gasteiger partial charge in [-0.2, -0.15) is 0 Å². The summed E-state index contributed by atoms with van der Waals surface area (Å²) in [7, 11) is 0. The molecule has 4 nitrogen and oxygen atoms in total. The summed E-state index contributed by atoms with van der Waals surface area (Å²) in [5.41, 5.74) is 1.30. The van der Waals surface area contributed by atoms with Crippen LogP contribution in [0.1, 0.15) is 44.2 Å². The molecule has 1 unspecified atom stereocenters. The number of rotatable bonds is 5. The zero-order valence-corrected chi connectivity index (χ0v) is 11.5. The van der Waals surface area contributed by atoms with Crippen molar-refractivity contribution in [2.45, 2.75) is 38.6 Å². The quantitative estimate of drug-likeness (QED) is 0.886. The fourth-order valence-corrected chi connectivity index (χ4v) is 2.81. The topological polar surface area (TPSA) is 53.4 Å². The Bertz CT molecular complexity index is 400. The van der Waals surface area contributed by atoms with E-state index in [0.717, 1.165) is 32.4 Å². The van der Waals surface area contributed by atoms with E-state index in [-0.39, 0.29) is 0 Å². The molecule has 1 atom stereocenters. The van der Waals surface area contributed by atoms with Crippen molar-refractivity contribution in [2.75, 3.05) is 13.1 Å². The third-order valence-electron chi connectivity index (χ3n) is 4.15. The second-order valence-corrected chi connectivity index (χ2v) is 5.37. The summed E-state index contributed by atoms with van der Waals surface area (Å²) in [6.45, 7) is 4.36. The van der Waals surface area contributed by atoms with Crippen molar-refractivity contribution >= 4 is 5.97 Å². The molecule has 1 fully saturated rings. The molecule has 2 rings (SSSR count). The summed E-state index contributed by atoms with van der Waals surface area (Å²) in [6.07, 6.45) is 7.04. The normalized spacial score (nSPS) is 19.2. The molecule has 0 bridgehead atoms. The van der Waals surface area contributed by atoms with Gasteiger partial charge in [0.05, 0.1) is 0 Å². The van der Waals surface area contributed by atoms with Crippen molar-refractivity contribution < 1.29 is 9.90 Å². The highest BCUT2D eigenvalue weighted by Gasteiger charge is 2.23. The average molecular weight is 262 g/mol. The smallest absolute Gasteiger partial charge is 0.303 e. The molecular formula is C15H22N2O2. The lowest BCUT2D eigenvalue weighted by molar-refractivity contribution is -0.137. The molecule has 1 saturated heterocycles. The molecule has 0 radical (unpaired) electrons. The minimum Gasteiger partial charge on any atom is -0.481 e. The van der Waals surface area contributed by atoms with Crippen LogP contribution in [0.2, 0.25) is 0 Å². The second-order valence-electron chi connectivity index (χ2n) is 5.37. The lowest BCUT2D eigenvalue weighted by Crippen LogP contribution is -2.35. The van der Waals surface area contributed by atoms with E-state index in [2.05, 4.69) is 28.9 Å². The van der Waals surface area contributed by atoms with Crippen molar-refractivity contribution in [2.24, 2.45) is 5.92 Å². The number of pyridine rings is 1. The first-order valence-electron chi connectivity index (χ1n) is 7.02. The van der Waals surface area contributed by atoms with Crippen LogP contribution in [0.5, 0.6) is 0 Å². The minimum atomic E-state index is -0.674.